The van der Waals surface area contributed by atoms with Gasteiger partial charge in [0.15, 0.2) is 11.5 Å². The summed E-state index contributed by atoms with van der Waals surface area (Å²) in [6.07, 6.45) is 2.57. The van der Waals surface area contributed by atoms with Crippen LogP contribution in [0.25, 0.3) is 0 Å². The predicted molar refractivity (Wildman–Crippen MR) is 77.4 cm³/mol. The summed E-state index contributed by atoms with van der Waals surface area (Å²) < 4.78 is 10.8. The van der Waals surface area contributed by atoms with E-state index in [0.29, 0.717) is 35.4 Å². The number of aromatic nitrogens is 2. The highest BCUT2D eigenvalue weighted by molar-refractivity contribution is 6.34. The third kappa shape index (κ3) is 3.01. The van der Waals surface area contributed by atoms with Crippen LogP contribution >= 0.6 is 23.2 Å². The molecule has 1 aliphatic heterocycles. The number of benzene rings is 1. The third-order valence-electron chi connectivity index (χ3n) is 2.73. The summed E-state index contributed by atoms with van der Waals surface area (Å²) in [7, 11) is 0. The summed E-state index contributed by atoms with van der Waals surface area (Å²) in [4.78, 5) is 19.7. The van der Waals surface area contributed by atoms with E-state index < -0.39 is 5.91 Å². The Kier molecular flexibility index (Phi) is 3.81. The number of halogens is 2. The highest BCUT2D eigenvalue weighted by Gasteiger charge is 2.17. The number of carbonyl (C=O) groups is 1. The smallest absolute Gasteiger partial charge is 0.275 e. The number of anilines is 1. The SMILES string of the molecule is O=C(Nc1cc2c(cc1Cl)OCCO2)c1cnc(Cl)cn1. The number of amides is 1. The number of rotatable bonds is 2. The minimum absolute atomic E-state index is 0.130. The number of nitrogens with one attached hydrogen (secondary N) is 1. The Hall–Kier alpha value is -2.05. The molecule has 0 atom stereocenters. The van der Waals surface area contributed by atoms with Gasteiger partial charge in [-0.3, -0.25) is 4.79 Å². The number of ether oxygens (including phenoxy) is 2. The van der Waals surface area contributed by atoms with Gasteiger partial charge in [0, 0.05) is 12.1 Å². The maximum atomic E-state index is 12.1. The van der Waals surface area contributed by atoms with E-state index in [1.165, 1.54) is 12.4 Å². The molecular formula is C13H9Cl2N3O3. The zero-order valence-electron chi connectivity index (χ0n) is 10.6. The van der Waals surface area contributed by atoms with E-state index in [4.69, 9.17) is 32.7 Å². The van der Waals surface area contributed by atoms with Gasteiger partial charge < -0.3 is 14.8 Å². The molecule has 21 heavy (non-hydrogen) atoms. The van der Waals surface area contributed by atoms with Gasteiger partial charge in [0.1, 0.15) is 24.1 Å². The maximum absolute atomic E-state index is 12.1. The Bertz CT molecular complexity index is 692. The van der Waals surface area contributed by atoms with Crippen molar-refractivity contribution in [3.05, 3.63) is 40.4 Å². The molecule has 2 aromatic rings. The normalized spacial score (nSPS) is 12.9. The lowest BCUT2D eigenvalue weighted by atomic mass is 10.2. The fraction of sp³-hybridized carbons (Fsp3) is 0.154. The molecule has 0 saturated carbocycles. The lowest BCUT2D eigenvalue weighted by Crippen LogP contribution is -2.17. The summed E-state index contributed by atoms with van der Waals surface area (Å²) in [6, 6.07) is 3.21. The van der Waals surface area contributed by atoms with Crippen LogP contribution in [0, 0.1) is 0 Å². The molecule has 0 fully saturated rings. The first kappa shape index (κ1) is 13.9. The largest absolute Gasteiger partial charge is 0.486 e. The molecule has 8 heteroatoms. The van der Waals surface area contributed by atoms with E-state index in [0.717, 1.165) is 0 Å². The van der Waals surface area contributed by atoms with Crippen LogP contribution in [0.3, 0.4) is 0 Å². The first-order valence-corrected chi connectivity index (χ1v) is 6.77. The van der Waals surface area contributed by atoms with E-state index in [9.17, 15) is 4.79 Å². The highest BCUT2D eigenvalue weighted by atomic mass is 35.5. The molecule has 0 aliphatic carbocycles. The molecule has 1 N–H and O–H groups in total. The van der Waals surface area contributed by atoms with Crippen LogP contribution < -0.4 is 14.8 Å². The number of hydrogen-bond acceptors (Lipinski definition) is 5. The molecule has 3 rings (SSSR count). The van der Waals surface area contributed by atoms with Gasteiger partial charge in [0.05, 0.1) is 23.1 Å². The first-order valence-electron chi connectivity index (χ1n) is 6.01. The topological polar surface area (TPSA) is 73.3 Å². The van der Waals surface area contributed by atoms with E-state index in [1.54, 1.807) is 12.1 Å². The second-order valence-electron chi connectivity index (χ2n) is 4.15. The zero-order valence-corrected chi connectivity index (χ0v) is 12.1. The lowest BCUT2D eigenvalue weighted by Gasteiger charge is -2.19. The number of fused-ring (bicyclic) bond motifs is 1. The summed E-state index contributed by atoms with van der Waals surface area (Å²) in [6.45, 7) is 0.917. The summed E-state index contributed by atoms with van der Waals surface area (Å²) >= 11 is 11.7. The van der Waals surface area contributed by atoms with Crippen LogP contribution in [0.1, 0.15) is 10.5 Å². The van der Waals surface area contributed by atoms with Crippen molar-refractivity contribution in [1.82, 2.24) is 9.97 Å². The van der Waals surface area contributed by atoms with Crippen molar-refractivity contribution in [2.24, 2.45) is 0 Å². The molecule has 1 aromatic carbocycles. The van der Waals surface area contributed by atoms with Gasteiger partial charge in [-0.2, -0.15) is 0 Å². The van der Waals surface area contributed by atoms with Crippen molar-refractivity contribution < 1.29 is 14.3 Å². The van der Waals surface area contributed by atoms with Crippen molar-refractivity contribution in [2.75, 3.05) is 18.5 Å². The van der Waals surface area contributed by atoms with E-state index in [1.807, 2.05) is 0 Å². The summed E-state index contributed by atoms with van der Waals surface area (Å²) in [5, 5.41) is 3.20. The molecule has 0 bridgehead atoms. The van der Waals surface area contributed by atoms with E-state index in [2.05, 4.69) is 15.3 Å². The average Bonchev–Trinajstić information content (AvgIpc) is 2.48. The van der Waals surface area contributed by atoms with Gasteiger partial charge in [-0.25, -0.2) is 9.97 Å². The number of nitrogens with zero attached hydrogens (tertiary/aromatic N) is 2. The van der Waals surface area contributed by atoms with Crippen LogP contribution in [0.4, 0.5) is 5.69 Å². The molecule has 2 heterocycles. The van der Waals surface area contributed by atoms with Crippen LogP contribution in [0.5, 0.6) is 11.5 Å². The first-order chi connectivity index (χ1) is 10.1. The zero-order chi connectivity index (χ0) is 14.8. The Balaban J connectivity index is 1.84. The molecule has 108 valence electrons. The number of carbonyl (C=O) groups excluding carboxylic acids is 1. The van der Waals surface area contributed by atoms with E-state index >= 15 is 0 Å². The Labute approximate surface area is 130 Å². The van der Waals surface area contributed by atoms with Gasteiger partial charge in [-0.15, -0.1) is 0 Å². The average molecular weight is 326 g/mol. The van der Waals surface area contributed by atoms with Crippen molar-refractivity contribution >= 4 is 34.8 Å². The standard InChI is InChI=1S/C13H9Cl2N3O3/c14-7-3-10-11(21-2-1-20-10)4-8(7)18-13(19)9-5-17-12(15)6-16-9/h3-6H,1-2H2,(H,18,19). The van der Waals surface area contributed by atoms with Crippen molar-refractivity contribution in [2.45, 2.75) is 0 Å². The molecule has 0 unspecified atom stereocenters. The van der Waals surface area contributed by atoms with Crippen LogP contribution in [0.15, 0.2) is 24.5 Å². The molecule has 1 aromatic heterocycles. The lowest BCUT2D eigenvalue weighted by molar-refractivity contribution is 0.102. The molecule has 6 nitrogen and oxygen atoms in total. The van der Waals surface area contributed by atoms with Crippen LogP contribution in [-0.2, 0) is 0 Å². The Morgan fingerprint density at radius 1 is 1.10 bits per heavy atom. The quantitative estimate of drug-likeness (QED) is 0.919. The van der Waals surface area contributed by atoms with Gasteiger partial charge in [0.2, 0.25) is 0 Å². The van der Waals surface area contributed by atoms with Crippen molar-refractivity contribution in [1.29, 1.82) is 0 Å². The fourth-order valence-electron chi connectivity index (χ4n) is 1.78. The van der Waals surface area contributed by atoms with Crippen LogP contribution in [-0.4, -0.2) is 29.1 Å². The molecule has 1 aliphatic rings. The minimum atomic E-state index is -0.447. The molecular weight excluding hydrogens is 317 g/mol. The Morgan fingerprint density at radius 3 is 2.48 bits per heavy atom. The van der Waals surface area contributed by atoms with Crippen molar-refractivity contribution in [3.63, 3.8) is 0 Å². The van der Waals surface area contributed by atoms with Gasteiger partial charge in [0.25, 0.3) is 5.91 Å². The van der Waals surface area contributed by atoms with E-state index in [-0.39, 0.29) is 10.8 Å². The highest BCUT2D eigenvalue weighted by Crippen LogP contribution is 2.38. The summed E-state index contributed by atoms with van der Waals surface area (Å²) in [5.41, 5.74) is 0.535. The third-order valence-corrected chi connectivity index (χ3v) is 3.24. The summed E-state index contributed by atoms with van der Waals surface area (Å²) in [5.74, 6) is 0.636. The molecule has 0 saturated heterocycles. The maximum Gasteiger partial charge on any atom is 0.275 e. The van der Waals surface area contributed by atoms with Gasteiger partial charge in [-0.05, 0) is 0 Å². The van der Waals surface area contributed by atoms with Gasteiger partial charge in [-0.1, -0.05) is 23.2 Å². The van der Waals surface area contributed by atoms with Crippen molar-refractivity contribution in [3.8, 4) is 11.5 Å². The van der Waals surface area contributed by atoms with Crippen LogP contribution in [0.2, 0.25) is 10.2 Å². The second kappa shape index (κ2) is 5.75. The number of hydrogen-bond donors (Lipinski definition) is 1. The molecule has 0 radical (unpaired) electrons. The molecule has 1 amide bonds. The van der Waals surface area contributed by atoms with Gasteiger partial charge >= 0.3 is 0 Å². The second-order valence-corrected chi connectivity index (χ2v) is 4.95. The fourth-order valence-corrected chi connectivity index (χ4v) is 2.07. The minimum Gasteiger partial charge on any atom is -0.486 e. The Morgan fingerprint density at radius 2 is 1.81 bits per heavy atom. The monoisotopic (exact) mass is 325 g/mol. The predicted octanol–water partition coefficient (Wildman–Crippen LogP) is 2.81. The molecule has 0 spiro atoms.